The summed E-state index contributed by atoms with van der Waals surface area (Å²) in [6, 6.07) is 0. The van der Waals surface area contributed by atoms with Crippen LogP contribution in [0, 0.1) is 0 Å². The number of ether oxygens (including phenoxy) is 2. The van der Waals surface area contributed by atoms with Crippen molar-refractivity contribution in [3.05, 3.63) is 11.8 Å². The maximum Gasteiger partial charge on any atom is 0.216 e. The summed E-state index contributed by atoms with van der Waals surface area (Å²) in [6.45, 7) is 1.73. The third kappa shape index (κ3) is 1.67. The molecular weight excluding hydrogens is 182 g/mol. The maximum atomic E-state index is 11.9. The van der Waals surface area contributed by atoms with E-state index in [1.165, 1.54) is 0 Å². The Kier molecular flexibility index (Phi) is 2.56. The first-order chi connectivity index (χ1) is 6.72. The zero-order valence-electron chi connectivity index (χ0n) is 8.12. The number of ketones is 1. The van der Waals surface area contributed by atoms with Crippen LogP contribution in [0.1, 0.15) is 19.3 Å². The minimum Gasteiger partial charge on any atom is -0.490 e. The predicted molar refractivity (Wildman–Crippen MR) is 50.6 cm³/mol. The highest BCUT2D eigenvalue weighted by Gasteiger charge is 2.38. The molecule has 14 heavy (non-hydrogen) atoms. The second kappa shape index (κ2) is 3.71. The molecule has 0 bridgehead atoms. The zero-order chi connectivity index (χ0) is 10.0. The first-order valence-corrected chi connectivity index (χ1v) is 4.97. The van der Waals surface area contributed by atoms with Gasteiger partial charge in [0, 0.05) is 19.6 Å². The van der Waals surface area contributed by atoms with Crippen molar-refractivity contribution in [3.63, 3.8) is 0 Å². The lowest BCUT2D eigenvalue weighted by molar-refractivity contribution is -0.126. The summed E-state index contributed by atoms with van der Waals surface area (Å²) in [6.07, 6.45) is 3.82. The molecule has 0 spiro atoms. The van der Waals surface area contributed by atoms with Gasteiger partial charge in [0.05, 0.1) is 12.1 Å². The van der Waals surface area contributed by atoms with Gasteiger partial charge in [0.1, 0.15) is 0 Å². The van der Waals surface area contributed by atoms with Crippen molar-refractivity contribution in [2.75, 3.05) is 19.8 Å². The molecule has 0 aromatic carbocycles. The number of carbonyl (C=O) groups is 1. The van der Waals surface area contributed by atoms with Crippen LogP contribution in [0.2, 0.25) is 0 Å². The predicted octanol–water partition coefficient (Wildman–Crippen LogP) is 0.368. The molecule has 0 aromatic rings. The van der Waals surface area contributed by atoms with E-state index < -0.39 is 5.54 Å². The Labute approximate surface area is 83.1 Å². The topological polar surface area (TPSA) is 61.6 Å². The van der Waals surface area contributed by atoms with Gasteiger partial charge in [-0.05, 0) is 18.9 Å². The number of nitrogens with two attached hydrogens (primary N) is 1. The fourth-order valence-corrected chi connectivity index (χ4v) is 1.78. The number of hydrogen-bond donors (Lipinski definition) is 1. The van der Waals surface area contributed by atoms with Crippen LogP contribution in [0.3, 0.4) is 0 Å². The average Bonchev–Trinajstić information content (AvgIpc) is 2.70. The van der Waals surface area contributed by atoms with Crippen LogP contribution in [0.25, 0.3) is 0 Å². The summed E-state index contributed by atoms with van der Waals surface area (Å²) < 4.78 is 10.4. The van der Waals surface area contributed by atoms with Crippen LogP contribution in [-0.4, -0.2) is 31.1 Å². The van der Waals surface area contributed by atoms with Gasteiger partial charge >= 0.3 is 0 Å². The van der Waals surface area contributed by atoms with Crippen LogP contribution in [0.5, 0.6) is 0 Å². The Morgan fingerprint density at radius 2 is 2.07 bits per heavy atom. The summed E-state index contributed by atoms with van der Waals surface area (Å²) in [5, 5.41) is 0. The Morgan fingerprint density at radius 3 is 2.64 bits per heavy atom. The molecule has 0 saturated carbocycles. The normalized spacial score (nSPS) is 25.4. The van der Waals surface area contributed by atoms with Crippen molar-refractivity contribution < 1.29 is 14.3 Å². The fourth-order valence-electron chi connectivity index (χ4n) is 1.78. The van der Waals surface area contributed by atoms with E-state index in [9.17, 15) is 4.79 Å². The molecule has 1 fully saturated rings. The van der Waals surface area contributed by atoms with E-state index >= 15 is 0 Å². The summed E-state index contributed by atoms with van der Waals surface area (Å²) in [5.41, 5.74) is 5.28. The summed E-state index contributed by atoms with van der Waals surface area (Å²) in [7, 11) is 0. The van der Waals surface area contributed by atoms with Crippen molar-refractivity contribution in [2.24, 2.45) is 5.73 Å². The molecule has 2 heterocycles. The van der Waals surface area contributed by atoms with Crippen LogP contribution in [0.15, 0.2) is 11.8 Å². The Hall–Kier alpha value is -0.870. The summed E-state index contributed by atoms with van der Waals surface area (Å²) in [5.74, 6) is 0.396. The van der Waals surface area contributed by atoms with Crippen molar-refractivity contribution in [1.82, 2.24) is 0 Å². The van der Waals surface area contributed by atoms with Gasteiger partial charge in [-0.2, -0.15) is 0 Å². The molecular formula is C10H15NO3. The van der Waals surface area contributed by atoms with Gasteiger partial charge in [0.15, 0.2) is 5.76 Å². The highest BCUT2D eigenvalue weighted by atomic mass is 16.5. The molecule has 2 rings (SSSR count). The largest absolute Gasteiger partial charge is 0.490 e. The molecule has 1 saturated heterocycles. The number of carbonyl (C=O) groups excluding carboxylic acids is 1. The van der Waals surface area contributed by atoms with Gasteiger partial charge in [-0.1, -0.05) is 0 Å². The SMILES string of the molecule is NC1(C(=O)C2=CCCO2)CCOCC1. The van der Waals surface area contributed by atoms with E-state index in [0.29, 0.717) is 38.4 Å². The quantitative estimate of drug-likeness (QED) is 0.694. The summed E-state index contributed by atoms with van der Waals surface area (Å²) in [4.78, 5) is 11.9. The Balaban J connectivity index is 2.08. The average molecular weight is 197 g/mol. The van der Waals surface area contributed by atoms with E-state index in [-0.39, 0.29) is 5.78 Å². The molecule has 78 valence electrons. The number of Topliss-reactive ketones (excluding diaryl/α,β-unsaturated/α-hetero) is 1. The lowest BCUT2D eigenvalue weighted by atomic mass is 9.86. The van der Waals surface area contributed by atoms with Gasteiger partial charge in [-0.15, -0.1) is 0 Å². The fraction of sp³-hybridized carbons (Fsp3) is 0.700. The Bertz CT molecular complexity index is 267. The van der Waals surface area contributed by atoms with E-state index in [2.05, 4.69) is 0 Å². The van der Waals surface area contributed by atoms with Crippen LogP contribution >= 0.6 is 0 Å². The molecule has 2 aliphatic rings. The maximum absolute atomic E-state index is 11.9. The minimum atomic E-state index is -0.756. The molecule has 0 atom stereocenters. The van der Waals surface area contributed by atoms with Gasteiger partial charge in [-0.3, -0.25) is 4.79 Å². The number of rotatable bonds is 2. The van der Waals surface area contributed by atoms with Crippen molar-refractivity contribution in [1.29, 1.82) is 0 Å². The first-order valence-electron chi connectivity index (χ1n) is 4.97. The molecule has 4 heteroatoms. The van der Waals surface area contributed by atoms with Crippen molar-refractivity contribution >= 4 is 5.78 Å². The molecule has 0 radical (unpaired) electrons. The lowest BCUT2D eigenvalue weighted by Crippen LogP contribution is -2.52. The van der Waals surface area contributed by atoms with Gasteiger partial charge in [0.25, 0.3) is 0 Å². The second-order valence-corrected chi connectivity index (χ2v) is 3.80. The second-order valence-electron chi connectivity index (χ2n) is 3.80. The zero-order valence-corrected chi connectivity index (χ0v) is 8.12. The monoisotopic (exact) mass is 197 g/mol. The van der Waals surface area contributed by atoms with E-state index in [4.69, 9.17) is 15.2 Å². The highest BCUT2D eigenvalue weighted by Crippen LogP contribution is 2.24. The molecule has 0 aliphatic carbocycles. The molecule has 0 aromatic heterocycles. The van der Waals surface area contributed by atoms with Crippen molar-refractivity contribution in [3.8, 4) is 0 Å². The summed E-state index contributed by atoms with van der Waals surface area (Å²) >= 11 is 0. The van der Waals surface area contributed by atoms with Gasteiger partial charge < -0.3 is 15.2 Å². The Morgan fingerprint density at radius 1 is 1.36 bits per heavy atom. The minimum absolute atomic E-state index is 0.0571. The molecule has 4 nitrogen and oxygen atoms in total. The third-order valence-corrected chi connectivity index (χ3v) is 2.77. The highest BCUT2D eigenvalue weighted by molar-refractivity contribution is 6.01. The van der Waals surface area contributed by atoms with Gasteiger partial charge in [0.2, 0.25) is 5.78 Å². The molecule has 2 aliphatic heterocycles. The van der Waals surface area contributed by atoms with Crippen molar-refractivity contribution in [2.45, 2.75) is 24.8 Å². The van der Waals surface area contributed by atoms with Crippen LogP contribution in [-0.2, 0) is 14.3 Å². The smallest absolute Gasteiger partial charge is 0.216 e. The lowest BCUT2D eigenvalue weighted by Gasteiger charge is -2.31. The van der Waals surface area contributed by atoms with E-state index in [0.717, 1.165) is 6.42 Å². The molecule has 0 amide bonds. The van der Waals surface area contributed by atoms with E-state index in [1.807, 2.05) is 6.08 Å². The van der Waals surface area contributed by atoms with Crippen LogP contribution in [0.4, 0.5) is 0 Å². The van der Waals surface area contributed by atoms with Crippen LogP contribution < -0.4 is 5.73 Å². The molecule has 2 N–H and O–H groups in total. The third-order valence-electron chi connectivity index (χ3n) is 2.77. The number of hydrogen-bond acceptors (Lipinski definition) is 4. The first kappa shape index (κ1) is 9.68. The van der Waals surface area contributed by atoms with E-state index in [1.54, 1.807) is 0 Å². The standard InChI is InChI=1S/C10H15NO3/c11-10(3-6-13-7-4-10)9(12)8-2-1-5-14-8/h2H,1,3-7,11H2. The van der Waals surface area contributed by atoms with Gasteiger partial charge in [-0.25, -0.2) is 0 Å². The molecule has 0 unspecified atom stereocenters.